The molecule has 0 aromatic carbocycles. The Hall–Kier alpha value is -4.17. The zero-order chi connectivity index (χ0) is 32.4. The molecule has 47 heavy (non-hydrogen) atoms. The molecule has 0 N–H and O–H groups in total. The van der Waals surface area contributed by atoms with Crippen LogP contribution in [0.4, 0.5) is 9.59 Å². The van der Waals surface area contributed by atoms with Crippen LogP contribution in [0, 0.1) is 0 Å². The van der Waals surface area contributed by atoms with Crippen molar-refractivity contribution in [1.82, 2.24) is 40.3 Å². The number of hydrogen-bond acceptors (Lipinski definition) is 12. The fraction of sp³-hybridized carbons (Fsp3) is 0.429. The van der Waals surface area contributed by atoms with Gasteiger partial charge in [-0.3, -0.25) is 0 Å². The van der Waals surface area contributed by atoms with Crippen molar-refractivity contribution in [1.29, 1.82) is 0 Å². The molecule has 0 unspecified atom stereocenters. The number of fused-ring (bicyclic) bond motifs is 4. The second kappa shape index (κ2) is 11.5. The molecule has 4 bridgehead atoms. The van der Waals surface area contributed by atoms with Crippen molar-refractivity contribution in [2.24, 2.45) is 14.1 Å². The van der Waals surface area contributed by atoms with E-state index in [-0.39, 0.29) is 25.2 Å². The van der Waals surface area contributed by atoms with Gasteiger partial charge in [-0.25, -0.2) is 18.7 Å². The standard InChI is InChI=1S/C28H30N10O6S3/c1-33-11-7-17(8-12-33)23-29-31-25(45-23)21-5-3-19-15-35(21)27(39)37(19)43-47(41,42)44-38-20-4-6-22(36(16-20)28(38)40)26-32-30-24(46-26)18-9-13-34(2)14-10-18/h7-14,19-22H,3-6,15-16H2,1-2H3/q+2/t19-,20-,21+,22+/m1/s1. The number of carbonyl (C=O) groups is 2. The maximum absolute atomic E-state index is 13.4. The van der Waals surface area contributed by atoms with E-state index in [4.69, 9.17) is 8.57 Å². The first-order valence-corrected chi connectivity index (χ1v) is 18.0. The van der Waals surface area contributed by atoms with E-state index in [9.17, 15) is 18.0 Å². The highest BCUT2D eigenvalue weighted by Gasteiger charge is 2.52. The van der Waals surface area contributed by atoms with E-state index < -0.39 is 34.5 Å². The van der Waals surface area contributed by atoms with Gasteiger partial charge in [0.2, 0.25) is 0 Å². The van der Waals surface area contributed by atoms with Gasteiger partial charge in [-0.05, 0) is 25.7 Å². The van der Waals surface area contributed by atoms with E-state index in [1.165, 1.54) is 22.7 Å². The summed E-state index contributed by atoms with van der Waals surface area (Å²) < 4.78 is 40.7. The van der Waals surface area contributed by atoms with E-state index in [0.717, 1.165) is 31.3 Å². The van der Waals surface area contributed by atoms with Crippen LogP contribution in [0.2, 0.25) is 0 Å². The minimum Gasteiger partial charge on any atom is -0.311 e. The van der Waals surface area contributed by atoms with Crippen molar-refractivity contribution in [3.63, 3.8) is 0 Å². The fourth-order valence-corrected chi connectivity index (χ4v) is 9.23. The molecule has 4 aliphatic heterocycles. The number of nitrogens with zero attached hydrogens (tertiary/aromatic N) is 10. The van der Waals surface area contributed by atoms with Crippen LogP contribution in [0.5, 0.6) is 0 Å². The van der Waals surface area contributed by atoms with E-state index in [1.54, 1.807) is 9.80 Å². The van der Waals surface area contributed by atoms with Crippen molar-refractivity contribution in [2.45, 2.75) is 49.9 Å². The third-order valence-electron chi connectivity index (χ3n) is 8.89. The average Bonchev–Trinajstić information content (AvgIpc) is 3.85. The molecule has 4 aliphatic rings. The lowest BCUT2D eigenvalue weighted by Gasteiger charge is -2.28. The van der Waals surface area contributed by atoms with Crippen LogP contribution >= 0.6 is 22.7 Å². The van der Waals surface area contributed by atoms with Crippen LogP contribution in [0.3, 0.4) is 0 Å². The van der Waals surface area contributed by atoms with Crippen LogP contribution in [0.25, 0.3) is 21.1 Å². The number of hydrogen-bond donors (Lipinski definition) is 0. The molecule has 0 saturated carbocycles. The number of piperidine rings is 2. The normalized spacial score (nSPS) is 24.1. The Kier molecular flexibility index (Phi) is 7.39. The van der Waals surface area contributed by atoms with Crippen molar-refractivity contribution < 1.29 is 35.7 Å². The number of pyridine rings is 2. The zero-order valence-electron chi connectivity index (χ0n) is 25.3. The van der Waals surface area contributed by atoms with Gasteiger partial charge >= 0.3 is 22.5 Å². The molecule has 4 aromatic rings. The van der Waals surface area contributed by atoms with Gasteiger partial charge < -0.3 is 9.80 Å². The second-order valence-electron chi connectivity index (χ2n) is 12.0. The summed E-state index contributed by atoms with van der Waals surface area (Å²) in [4.78, 5) is 30.0. The monoisotopic (exact) mass is 698 g/mol. The van der Waals surface area contributed by atoms with Crippen LogP contribution < -0.4 is 9.13 Å². The topological polar surface area (TPSA) is 159 Å². The minimum atomic E-state index is -4.82. The van der Waals surface area contributed by atoms with Gasteiger partial charge in [-0.2, -0.15) is 18.5 Å². The second-order valence-corrected chi connectivity index (χ2v) is 15.1. The van der Waals surface area contributed by atoms with Gasteiger partial charge in [0.25, 0.3) is 0 Å². The molecule has 16 nitrogen and oxygen atoms in total. The Morgan fingerprint density at radius 2 is 1.09 bits per heavy atom. The lowest BCUT2D eigenvalue weighted by Crippen LogP contribution is -2.41. The first-order chi connectivity index (χ1) is 22.6. The van der Waals surface area contributed by atoms with Gasteiger partial charge in [0.1, 0.15) is 34.1 Å². The van der Waals surface area contributed by atoms with Crippen LogP contribution in [-0.4, -0.2) is 86.0 Å². The van der Waals surface area contributed by atoms with Gasteiger partial charge in [-0.1, -0.05) is 22.7 Å². The molecule has 4 amide bonds. The number of rotatable bonds is 8. The van der Waals surface area contributed by atoms with E-state index in [2.05, 4.69) is 20.4 Å². The molecule has 0 spiro atoms. The predicted octanol–water partition coefficient (Wildman–Crippen LogP) is 2.06. The summed E-state index contributed by atoms with van der Waals surface area (Å²) in [6.45, 7) is 0.530. The molecular formula is C28H30N10O6S3+2. The van der Waals surface area contributed by atoms with Gasteiger partial charge in [0.15, 0.2) is 24.8 Å². The molecule has 4 aromatic heterocycles. The third-order valence-corrected chi connectivity index (χ3v) is 11.7. The lowest BCUT2D eigenvalue weighted by atomic mass is 10.0. The molecule has 4 saturated heterocycles. The smallest absolute Gasteiger partial charge is 0.311 e. The zero-order valence-corrected chi connectivity index (χ0v) is 27.8. The molecule has 8 heterocycles. The summed E-state index contributed by atoms with van der Waals surface area (Å²) in [6, 6.07) is 4.82. The van der Waals surface area contributed by atoms with Crippen molar-refractivity contribution >= 4 is 45.1 Å². The average molecular weight is 699 g/mol. The number of aromatic nitrogens is 6. The summed E-state index contributed by atoms with van der Waals surface area (Å²) in [5.41, 5.74) is 1.83. The van der Waals surface area contributed by atoms with Gasteiger partial charge in [0, 0.05) is 48.5 Å². The molecule has 0 radical (unpaired) electrons. The molecule has 4 atom stereocenters. The van der Waals surface area contributed by atoms with Crippen molar-refractivity contribution in [3.05, 3.63) is 59.1 Å². The number of amides is 4. The highest BCUT2D eigenvalue weighted by molar-refractivity contribution is 7.81. The van der Waals surface area contributed by atoms with Gasteiger partial charge in [0.05, 0.1) is 24.2 Å². The summed E-state index contributed by atoms with van der Waals surface area (Å²) >= 11 is 2.79. The molecule has 0 aliphatic carbocycles. The SMILES string of the molecule is C[n+]1ccc(-c2nnc([C@@H]3CC[C@@H]4CN3C(=O)N4OS(=O)(=O)ON3C(=O)N4C[C@H]3CC[C@H]4c3nnc(-c4cc[n+](C)cc4)s3)s2)cc1. The highest BCUT2D eigenvalue weighted by atomic mass is 32.3. The van der Waals surface area contributed by atoms with E-state index in [0.29, 0.717) is 35.7 Å². The van der Waals surface area contributed by atoms with Crippen molar-refractivity contribution in [2.75, 3.05) is 13.1 Å². The van der Waals surface area contributed by atoms with Gasteiger partial charge in [-0.15, -0.1) is 29.0 Å². The number of urea groups is 2. The molecule has 19 heteroatoms. The number of carbonyl (C=O) groups excluding carboxylic acids is 2. The minimum absolute atomic E-state index is 0.265. The maximum atomic E-state index is 13.4. The predicted molar refractivity (Wildman–Crippen MR) is 164 cm³/mol. The summed E-state index contributed by atoms with van der Waals surface area (Å²) in [5.74, 6) is 0. The summed E-state index contributed by atoms with van der Waals surface area (Å²) in [7, 11) is -0.970. The molecular weight excluding hydrogens is 669 g/mol. The molecule has 244 valence electrons. The Labute approximate surface area is 277 Å². The summed E-state index contributed by atoms with van der Waals surface area (Å²) in [5, 5.41) is 21.8. The lowest BCUT2D eigenvalue weighted by molar-refractivity contribution is -0.671. The molecule has 4 fully saturated rings. The fourth-order valence-electron chi connectivity index (χ4n) is 6.44. The van der Waals surface area contributed by atoms with Crippen LogP contribution in [-0.2, 0) is 33.1 Å². The van der Waals surface area contributed by atoms with E-state index in [1.807, 2.05) is 72.3 Å². The number of hydroxylamine groups is 4. The summed E-state index contributed by atoms with van der Waals surface area (Å²) in [6.07, 6.45) is 9.78. The largest absolute Gasteiger partial charge is 0.442 e. The first-order valence-electron chi connectivity index (χ1n) is 15.1. The Balaban J connectivity index is 0.926. The number of aryl methyl sites for hydroxylation is 2. The van der Waals surface area contributed by atoms with Crippen LogP contribution in [0.1, 0.15) is 47.8 Å². The quantitative estimate of drug-likeness (QED) is 0.250. The van der Waals surface area contributed by atoms with E-state index >= 15 is 0 Å². The third kappa shape index (κ3) is 5.50. The Morgan fingerprint density at radius 1 is 0.681 bits per heavy atom. The first kappa shape index (κ1) is 30.2. The maximum Gasteiger partial charge on any atom is 0.442 e. The highest BCUT2D eigenvalue weighted by Crippen LogP contribution is 2.43. The Bertz CT molecular complexity index is 1820. The Morgan fingerprint density at radius 3 is 1.49 bits per heavy atom. The van der Waals surface area contributed by atoms with Crippen LogP contribution in [0.15, 0.2) is 49.1 Å². The van der Waals surface area contributed by atoms with Crippen molar-refractivity contribution in [3.8, 4) is 21.1 Å². The molecule has 8 rings (SSSR count).